The summed E-state index contributed by atoms with van der Waals surface area (Å²) in [5.74, 6) is 0. The van der Waals surface area contributed by atoms with Gasteiger partial charge in [-0.05, 0) is 28.8 Å². The number of aliphatic hydroxyl groups excluding tert-OH is 1. The van der Waals surface area contributed by atoms with E-state index in [4.69, 9.17) is 0 Å². The molecule has 102 valence electrons. The second-order valence-corrected chi connectivity index (χ2v) is 5.33. The molecule has 0 saturated heterocycles. The maximum absolute atomic E-state index is 10.2. The molecule has 0 bridgehead atoms. The lowest BCUT2D eigenvalue weighted by Gasteiger charge is -2.11. The smallest absolute Gasteiger partial charge is 0.0790 e. The second-order valence-electron chi connectivity index (χ2n) is 5.33. The fourth-order valence-corrected chi connectivity index (χ4v) is 2.52. The van der Waals surface area contributed by atoms with Gasteiger partial charge in [0.15, 0.2) is 0 Å². The van der Waals surface area contributed by atoms with Crippen molar-refractivity contribution in [3.8, 4) is 0 Å². The van der Waals surface area contributed by atoms with E-state index < -0.39 is 0 Å². The number of benzene rings is 2. The van der Waals surface area contributed by atoms with Crippen molar-refractivity contribution in [2.24, 2.45) is 0 Å². The van der Waals surface area contributed by atoms with Gasteiger partial charge in [-0.15, -0.1) is 0 Å². The van der Waals surface area contributed by atoms with Gasteiger partial charge in [-0.3, -0.25) is 0 Å². The minimum atomic E-state index is -0.314. The lowest BCUT2D eigenvalue weighted by Crippen LogP contribution is -1.97. The van der Waals surface area contributed by atoms with Crippen LogP contribution < -0.4 is 0 Å². The zero-order valence-electron chi connectivity index (χ0n) is 11.8. The summed E-state index contributed by atoms with van der Waals surface area (Å²) < 4.78 is 0. The van der Waals surface area contributed by atoms with E-state index in [1.807, 2.05) is 12.1 Å². The van der Waals surface area contributed by atoms with Crippen LogP contribution in [0.15, 0.2) is 42.5 Å². The number of hydrogen-bond acceptors (Lipinski definition) is 1. The van der Waals surface area contributed by atoms with Crippen LogP contribution in [0, 0.1) is 0 Å². The highest BCUT2D eigenvalue weighted by molar-refractivity contribution is 5.83. The summed E-state index contributed by atoms with van der Waals surface area (Å²) in [5.41, 5.74) is 1.05. The molecule has 2 aromatic rings. The van der Waals surface area contributed by atoms with E-state index in [1.54, 1.807) is 0 Å². The summed E-state index contributed by atoms with van der Waals surface area (Å²) in [6.07, 6.45) is 6.79. The molecule has 0 radical (unpaired) electrons. The molecule has 0 aliphatic rings. The molecule has 2 aromatic carbocycles. The maximum Gasteiger partial charge on any atom is 0.0790 e. The Labute approximate surface area is 116 Å². The Hall–Kier alpha value is -1.34. The highest BCUT2D eigenvalue weighted by Gasteiger charge is 2.07. The Morgan fingerprint density at radius 3 is 2.42 bits per heavy atom. The van der Waals surface area contributed by atoms with Gasteiger partial charge >= 0.3 is 0 Å². The van der Waals surface area contributed by atoms with Crippen molar-refractivity contribution in [1.29, 1.82) is 0 Å². The third-order valence-corrected chi connectivity index (χ3v) is 3.74. The first-order chi connectivity index (χ1) is 9.31. The Kier molecular flexibility index (Phi) is 5.41. The Morgan fingerprint density at radius 1 is 0.895 bits per heavy atom. The molecule has 1 atom stereocenters. The van der Waals surface area contributed by atoms with E-state index in [-0.39, 0.29) is 6.10 Å². The molecule has 0 amide bonds. The molecule has 1 heteroatoms. The molecule has 2 rings (SSSR count). The number of rotatable bonds is 7. The minimum Gasteiger partial charge on any atom is -0.388 e. The fourth-order valence-electron chi connectivity index (χ4n) is 2.52. The molecule has 0 spiro atoms. The van der Waals surface area contributed by atoms with Crippen LogP contribution in [0.2, 0.25) is 0 Å². The van der Waals surface area contributed by atoms with Crippen molar-refractivity contribution >= 4 is 10.8 Å². The predicted octanol–water partition coefficient (Wildman–Crippen LogP) is 5.23. The number of aliphatic hydroxyl groups is 1. The molecule has 1 nitrogen and oxygen atoms in total. The van der Waals surface area contributed by atoms with Gasteiger partial charge < -0.3 is 5.11 Å². The van der Waals surface area contributed by atoms with E-state index >= 15 is 0 Å². The van der Waals surface area contributed by atoms with Crippen LogP contribution >= 0.6 is 0 Å². The molecule has 0 saturated carbocycles. The summed E-state index contributed by atoms with van der Waals surface area (Å²) in [7, 11) is 0. The Morgan fingerprint density at radius 2 is 1.63 bits per heavy atom. The lowest BCUT2D eigenvalue weighted by atomic mass is 9.99. The zero-order valence-corrected chi connectivity index (χ0v) is 11.8. The first kappa shape index (κ1) is 14.1. The first-order valence-electron chi connectivity index (χ1n) is 7.48. The summed E-state index contributed by atoms with van der Waals surface area (Å²) in [6, 6.07) is 14.6. The Bertz CT molecular complexity index is 504. The van der Waals surface area contributed by atoms with Crippen LogP contribution in [0.3, 0.4) is 0 Å². The van der Waals surface area contributed by atoms with Crippen molar-refractivity contribution in [2.45, 2.75) is 51.6 Å². The van der Waals surface area contributed by atoms with Crippen LogP contribution in [0.5, 0.6) is 0 Å². The van der Waals surface area contributed by atoms with Crippen LogP contribution in [-0.2, 0) is 0 Å². The SMILES string of the molecule is CCCCCCCC(O)c1ccc2ccccc2c1. The molecular formula is C18H24O. The van der Waals surface area contributed by atoms with Gasteiger partial charge in [-0.2, -0.15) is 0 Å². The normalized spacial score (nSPS) is 12.7. The maximum atomic E-state index is 10.2. The quantitative estimate of drug-likeness (QED) is 0.672. The van der Waals surface area contributed by atoms with Crippen molar-refractivity contribution < 1.29 is 5.11 Å². The molecule has 1 unspecified atom stereocenters. The van der Waals surface area contributed by atoms with E-state index in [9.17, 15) is 5.11 Å². The molecule has 0 aromatic heterocycles. The van der Waals surface area contributed by atoms with Gasteiger partial charge in [0.05, 0.1) is 6.10 Å². The minimum absolute atomic E-state index is 0.314. The van der Waals surface area contributed by atoms with Gasteiger partial charge in [0.2, 0.25) is 0 Å². The molecule has 0 fully saturated rings. The van der Waals surface area contributed by atoms with Crippen molar-refractivity contribution in [3.63, 3.8) is 0 Å². The van der Waals surface area contributed by atoms with Gasteiger partial charge in [0.25, 0.3) is 0 Å². The molecule has 1 N–H and O–H groups in total. The van der Waals surface area contributed by atoms with Crippen LogP contribution in [-0.4, -0.2) is 5.11 Å². The highest BCUT2D eigenvalue weighted by atomic mass is 16.3. The average Bonchev–Trinajstić information content (AvgIpc) is 2.46. The van der Waals surface area contributed by atoms with Gasteiger partial charge in [-0.1, -0.05) is 75.4 Å². The second kappa shape index (κ2) is 7.30. The predicted molar refractivity (Wildman–Crippen MR) is 82.3 cm³/mol. The summed E-state index contributed by atoms with van der Waals surface area (Å²) in [4.78, 5) is 0. The summed E-state index contributed by atoms with van der Waals surface area (Å²) in [6.45, 7) is 2.23. The van der Waals surface area contributed by atoms with Gasteiger partial charge in [0.1, 0.15) is 0 Å². The number of hydrogen-bond donors (Lipinski definition) is 1. The summed E-state index contributed by atoms with van der Waals surface area (Å²) >= 11 is 0. The molecule has 19 heavy (non-hydrogen) atoms. The third kappa shape index (κ3) is 4.07. The lowest BCUT2D eigenvalue weighted by molar-refractivity contribution is 0.163. The summed E-state index contributed by atoms with van der Waals surface area (Å²) in [5, 5.41) is 12.7. The van der Waals surface area contributed by atoms with E-state index in [0.29, 0.717) is 0 Å². The molecule has 0 aliphatic carbocycles. The van der Waals surface area contributed by atoms with Crippen molar-refractivity contribution in [2.75, 3.05) is 0 Å². The van der Waals surface area contributed by atoms with Gasteiger partial charge in [0, 0.05) is 0 Å². The van der Waals surface area contributed by atoms with E-state index in [2.05, 4.69) is 37.3 Å². The van der Waals surface area contributed by atoms with Crippen molar-refractivity contribution in [3.05, 3.63) is 48.0 Å². The topological polar surface area (TPSA) is 20.2 Å². The fraction of sp³-hybridized carbons (Fsp3) is 0.444. The van der Waals surface area contributed by atoms with Gasteiger partial charge in [-0.25, -0.2) is 0 Å². The third-order valence-electron chi connectivity index (χ3n) is 3.74. The Balaban J connectivity index is 1.91. The largest absolute Gasteiger partial charge is 0.388 e. The standard InChI is InChI=1S/C18H24O/c1-2-3-4-5-6-11-18(19)17-13-12-15-9-7-8-10-16(15)14-17/h7-10,12-14,18-19H,2-6,11H2,1H3. The zero-order chi connectivity index (χ0) is 13.5. The van der Waals surface area contributed by atoms with E-state index in [0.717, 1.165) is 18.4 Å². The molecular weight excluding hydrogens is 232 g/mol. The highest BCUT2D eigenvalue weighted by Crippen LogP contribution is 2.24. The number of fused-ring (bicyclic) bond motifs is 1. The average molecular weight is 256 g/mol. The molecule has 0 aliphatic heterocycles. The van der Waals surface area contributed by atoms with Crippen LogP contribution in [0.1, 0.15) is 57.1 Å². The van der Waals surface area contributed by atoms with Crippen molar-refractivity contribution in [1.82, 2.24) is 0 Å². The number of unbranched alkanes of at least 4 members (excludes halogenated alkanes) is 4. The van der Waals surface area contributed by atoms with E-state index in [1.165, 1.54) is 36.5 Å². The monoisotopic (exact) mass is 256 g/mol. The molecule has 0 heterocycles. The van der Waals surface area contributed by atoms with Crippen LogP contribution in [0.25, 0.3) is 10.8 Å². The first-order valence-corrected chi connectivity index (χ1v) is 7.48. The van der Waals surface area contributed by atoms with Crippen LogP contribution in [0.4, 0.5) is 0 Å².